The van der Waals surface area contributed by atoms with Crippen molar-refractivity contribution in [3.63, 3.8) is 0 Å². The number of hydrogen-bond acceptors (Lipinski definition) is 3. The van der Waals surface area contributed by atoms with Crippen molar-refractivity contribution >= 4 is 0 Å². The molecule has 1 heterocycles. The number of rotatable bonds is 6. The predicted molar refractivity (Wildman–Crippen MR) is 82.3 cm³/mol. The monoisotopic (exact) mass is 289 g/mol. The third-order valence-electron chi connectivity index (χ3n) is 4.14. The fraction of sp³-hybridized carbons (Fsp3) is 0.588. The second kappa shape index (κ2) is 8.11. The van der Waals surface area contributed by atoms with E-state index < -0.39 is 0 Å². The zero-order valence-corrected chi connectivity index (χ0v) is 12.7. The molecule has 1 saturated heterocycles. The van der Waals surface area contributed by atoms with E-state index in [0.717, 1.165) is 44.9 Å². The number of hydrogen-bond donors (Lipinski definition) is 1. The lowest BCUT2D eigenvalue weighted by Crippen LogP contribution is -2.37. The molecule has 2 rings (SSSR count). The summed E-state index contributed by atoms with van der Waals surface area (Å²) in [6, 6.07) is 6.68. The van der Waals surface area contributed by atoms with Crippen LogP contribution >= 0.6 is 0 Å². The molecule has 0 atom stereocenters. The van der Waals surface area contributed by atoms with Gasteiger partial charge in [-0.1, -0.05) is 6.92 Å². The van der Waals surface area contributed by atoms with Gasteiger partial charge in [0.15, 0.2) is 0 Å². The van der Waals surface area contributed by atoms with E-state index in [1.165, 1.54) is 18.6 Å². The van der Waals surface area contributed by atoms with Gasteiger partial charge in [-0.25, -0.2) is 4.39 Å². The number of nitrogens with zero attached hydrogens (tertiary/aromatic N) is 2. The minimum atomic E-state index is -0.208. The summed E-state index contributed by atoms with van der Waals surface area (Å²) in [6.45, 7) is 6.99. The van der Waals surface area contributed by atoms with Gasteiger partial charge >= 0.3 is 0 Å². The minimum absolute atomic E-state index is 0.208. The topological polar surface area (TPSA) is 39.1 Å². The molecule has 4 heteroatoms. The average Bonchev–Trinajstić information content (AvgIpc) is 2.51. The van der Waals surface area contributed by atoms with Crippen LogP contribution in [0.2, 0.25) is 0 Å². The van der Waals surface area contributed by atoms with Crippen molar-refractivity contribution in [1.29, 1.82) is 5.26 Å². The lowest BCUT2D eigenvalue weighted by atomic mass is 9.96. The highest BCUT2D eigenvalue weighted by atomic mass is 19.1. The van der Waals surface area contributed by atoms with E-state index in [9.17, 15) is 4.39 Å². The molecule has 0 bridgehead atoms. The Morgan fingerprint density at radius 1 is 1.38 bits per heavy atom. The van der Waals surface area contributed by atoms with Gasteiger partial charge in [0.25, 0.3) is 0 Å². The van der Waals surface area contributed by atoms with Gasteiger partial charge in [-0.05, 0) is 69.6 Å². The van der Waals surface area contributed by atoms with E-state index >= 15 is 0 Å². The molecule has 0 saturated carbocycles. The molecule has 114 valence electrons. The first-order valence-corrected chi connectivity index (χ1v) is 7.84. The van der Waals surface area contributed by atoms with Crippen molar-refractivity contribution in [2.45, 2.75) is 32.7 Å². The van der Waals surface area contributed by atoms with Gasteiger partial charge in [0.1, 0.15) is 5.82 Å². The third-order valence-corrected chi connectivity index (χ3v) is 4.14. The van der Waals surface area contributed by atoms with E-state index in [0.29, 0.717) is 17.7 Å². The Kier molecular flexibility index (Phi) is 6.16. The van der Waals surface area contributed by atoms with Crippen LogP contribution in [-0.2, 0) is 6.54 Å². The molecule has 1 fully saturated rings. The normalized spacial score (nSPS) is 16.8. The third kappa shape index (κ3) is 4.80. The summed E-state index contributed by atoms with van der Waals surface area (Å²) in [5.41, 5.74) is 1.17. The molecule has 0 aromatic heterocycles. The van der Waals surface area contributed by atoms with Crippen LogP contribution in [0.25, 0.3) is 0 Å². The highest BCUT2D eigenvalue weighted by molar-refractivity contribution is 5.33. The molecule has 0 aliphatic carbocycles. The van der Waals surface area contributed by atoms with Crippen molar-refractivity contribution in [3.05, 3.63) is 35.1 Å². The molecule has 1 aromatic rings. The molecule has 0 amide bonds. The fourth-order valence-corrected chi connectivity index (χ4v) is 2.84. The first-order valence-electron chi connectivity index (χ1n) is 7.84. The Balaban J connectivity index is 1.82. The zero-order chi connectivity index (χ0) is 15.1. The molecular weight excluding hydrogens is 265 g/mol. The van der Waals surface area contributed by atoms with Crippen LogP contribution in [0.1, 0.15) is 37.3 Å². The summed E-state index contributed by atoms with van der Waals surface area (Å²) in [7, 11) is 0. The summed E-state index contributed by atoms with van der Waals surface area (Å²) >= 11 is 0. The van der Waals surface area contributed by atoms with Gasteiger partial charge < -0.3 is 5.32 Å². The van der Waals surface area contributed by atoms with Crippen LogP contribution in [0.3, 0.4) is 0 Å². The number of halogens is 1. The van der Waals surface area contributed by atoms with Crippen molar-refractivity contribution < 1.29 is 4.39 Å². The molecule has 0 spiro atoms. The summed E-state index contributed by atoms with van der Waals surface area (Å²) in [5, 5.41) is 12.4. The van der Waals surface area contributed by atoms with Gasteiger partial charge in [0, 0.05) is 12.1 Å². The summed E-state index contributed by atoms with van der Waals surface area (Å²) in [4.78, 5) is 2.29. The highest BCUT2D eigenvalue weighted by Crippen LogP contribution is 2.20. The number of benzene rings is 1. The summed E-state index contributed by atoms with van der Waals surface area (Å²) in [6.07, 6.45) is 3.50. The molecule has 0 radical (unpaired) electrons. The van der Waals surface area contributed by atoms with E-state index in [4.69, 9.17) is 5.26 Å². The molecule has 0 unspecified atom stereocenters. The lowest BCUT2D eigenvalue weighted by molar-refractivity contribution is 0.174. The smallest absolute Gasteiger partial charge is 0.127 e. The second-order valence-electron chi connectivity index (χ2n) is 5.84. The molecular formula is C17H24FN3. The maximum absolute atomic E-state index is 13.8. The molecule has 1 aliphatic heterocycles. The first-order chi connectivity index (χ1) is 10.2. The number of likely N-dealkylation sites (tertiary alicyclic amines) is 1. The van der Waals surface area contributed by atoms with Crippen LogP contribution in [-0.4, -0.2) is 31.1 Å². The Morgan fingerprint density at radius 2 is 2.14 bits per heavy atom. The van der Waals surface area contributed by atoms with Crippen LogP contribution < -0.4 is 5.32 Å². The average molecular weight is 289 g/mol. The minimum Gasteiger partial charge on any atom is -0.316 e. The number of nitriles is 1. The van der Waals surface area contributed by atoms with Gasteiger partial charge in [-0.15, -0.1) is 0 Å². The quantitative estimate of drug-likeness (QED) is 0.818. The van der Waals surface area contributed by atoms with Gasteiger partial charge in [0.05, 0.1) is 11.6 Å². The largest absolute Gasteiger partial charge is 0.316 e. The van der Waals surface area contributed by atoms with Crippen LogP contribution in [0, 0.1) is 23.1 Å². The maximum atomic E-state index is 13.8. The SMILES string of the molecule is CCCNCC1CCN(Cc2cc(C#N)ccc2F)CC1. The van der Waals surface area contributed by atoms with Crippen molar-refractivity contribution in [1.82, 2.24) is 10.2 Å². The first kappa shape index (κ1) is 15.9. The van der Waals surface area contributed by atoms with Gasteiger partial charge in [-0.2, -0.15) is 5.26 Å². The highest BCUT2D eigenvalue weighted by Gasteiger charge is 2.19. The Labute approximate surface area is 126 Å². The van der Waals surface area contributed by atoms with Gasteiger partial charge in [-0.3, -0.25) is 4.90 Å². The number of piperidine rings is 1. The molecule has 21 heavy (non-hydrogen) atoms. The van der Waals surface area contributed by atoms with Crippen molar-refractivity contribution in [2.75, 3.05) is 26.2 Å². The fourth-order valence-electron chi connectivity index (χ4n) is 2.84. The van der Waals surface area contributed by atoms with Crippen LogP contribution in [0.15, 0.2) is 18.2 Å². The van der Waals surface area contributed by atoms with Crippen molar-refractivity contribution in [2.24, 2.45) is 5.92 Å². The van der Waals surface area contributed by atoms with E-state index in [2.05, 4.69) is 23.2 Å². The standard InChI is InChI=1S/C17H24FN3/c1-2-7-20-12-14-5-8-21(9-6-14)13-16-10-15(11-19)3-4-17(16)18/h3-4,10,14,20H,2,5-9,12-13H2,1H3. The Bertz CT molecular complexity index is 487. The molecule has 1 aromatic carbocycles. The summed E-state index contributed by atoms with van der Waals surface area (Å²) in [5.74, 6) is 0.531. The molecule has 3 nitrogen and oxygen atoms in total. The van der Waals surface area contributed by atoms with Crippen LogP contribution in [0.4, 0.5) is 4.39 Å². The predicted octanol–water partition coefficient (Wildman–Crippen LogP) is 2.91. The second-order valence-corrected chi connectivity index (χ2v) is 5.84. The molecule has 1 aliphatic rings. The van der Waals surface area contributed by atoms with E-state index in [1.54, 1.807) is 6.07 Å². The van der Waals surface area contributed by atoms with E-state index in [1.807, 2.05) is 0 Å². The molecule has 1 N–H and O–H groups in total. The van der Waals surface area contributed by atoms with E-state index in [-0.39, 0.29) is 5.82 Å². The summed E-state index contributed by atoms with van der Waals surface area (Å²) < 4.78 is 13.8. The lowest BCUT2D eigenvalue weighted by Gasteiger charge is -2.32. The maximum Gasteiger partial charge on any atom is 0.127 e. The van der Waals surface area contributed by atoms with Gasteiger partial charge in [0.2, 0.25) is 0 Å². The van der Waals surface area contributed by atoms with Crippen LogP contribution in [0.5, 0.6) is 0 Å². The number of nitrogens with one attached hydrogen (secondary N) is 1. The zero-order valence-electron chi connectivity index (χ0n) is 12.7. The Hall–Kier alpha value is -1.44. The Morgan fingerprint density at radius 3 is 2.81 bits per heavy atom. The van der Waals surface area contributed by atoms with Crippen molar-refractivity contribution in [3.8, 4) is 6.07 Å².